The minimum absolute atomic E-state index is 0.0924. The van der Waals surface area contributed by atoms with E-state index in [1.165, 1.54) is 11.3 Å². The van der Waals surface area contributed by atoms with Crippen LogP contribution in [0.4, 0.5) is 0 Å². The molecule has 0 aliphatic rings. The van der Waals surface area contributed by atoms with Gasteiger partial charge in [0.2, 0.25) is 9.04 Å². The van der Waals surface area contributed by atoms with E-state index in [4.69, 9.17) is 9.16 Å². The predicted molar refractivity (Wildman–Crippen MR) is 104 cm³/mol. The van der Waals surface area contributed by atoms with Crippen molar-refractivity contribution in [3.8, 4) is 5.75 Å². The number of fused-ring (bicyclic) bond motifs is 1. The third kappa shape index (κ3) is 5.32. The molecule has 1 aromatic heterocycles. The summed E-state index contributed by atoms with van der Waals surface area (Å²) in [6.07, 6.45) is 1.03. The van der Waals surface area contributed by atoms with Gasteiger partial charge < -0.3 is 19.2 Å². The van der Waals surface area contributed by atoms with Crippen LogP contribution in [0.5, 0.6) is 5.75 Å². The standard InChI is InChI=1S/C17H26BO4SSi/c1-17(2,3)15(22-24(4)5)8-9-21-13-7-6-12-10-16(18(19)20)23-14(12)11-13/h6-7,10-11,15,19-20H,8-9H2,1-5H3. The van der Waals surface area contributed by atoms with Gasteiger partial charge in [0.05, 0.1) is 12.7 Å². The van der Waals surface area contributed by atoms with Crippen LogP contribution in [0.2, 0.25) is 13.1 Å². The first-order chi connectivity index (χ1) is 11.2. The SMILES string of the molecule is C[Si](C)OC(CCOc1ccc2cc(B(O)O)sc2c1)C(C)(C)C. The molecule has 7 heteroatoms. The fraction of sp³-hybridized carbons (Fsp3) is 0.529. The van der Waals surface area contributed by atoms with Gasteiger partial charge in [-0.25, -0.2) is 0 Å². The van der Waals surface area contributed by atoms with Crippen LogP contribution in [0, 0.1) is 5.41 Å². The fourth-order valence-electron chi connectivity index (χ4n) is 2.49. The Morgan fingerprint density at radius 2 is 1.92 bits per heavy atom. The Hall–Kier alpha value is -0.858. The van der Waals surface area contributed by atoms with Crippen LogP contribution in [0.1, 0.15) is 27.2 Å². The quantitative estimate of drug-likeness (QED) is 0.741. The summed E-state index contributed by atoms with van der Waals surface area (Å²) in [4.78, 5) is 0. The number of ether oxygens (including phenoxy) is 1. The molecule has 1 radical (unpaired) electrons. The van der Waals surface area contributed by atoms with E-state index >= 15 is 0 Å². The molecule has 2 aromatic rings. The Kier molecular flexibility index (Phi) is 6.50. The van der Waals surface area contributed by atoms with E-state index < -0.39 is 16.2 Å². The normalized spacial score (nSPS) is 13.5. The van der Waals surface area contributed by atoms with Gasteiger partial charge >= 0.3 is 7.12 Å². The summed E-state index contributed by atoms with van der Waals surface area (Å²) in [5, 5.41) is 19.5. The molecule has 2 N–H and O–H groups in total. The summed E-state index contributed by atoms with van der Waals surface area (Å²) < 4.78 is 13.6. The van der Waals surface area contributed by atoms with Crippen molar-refractivity contribution in [2.24, 2.45) is 5.41 Å². The minimum atomic E-state index is -1.42. The fourth-order valence-corrected chi connectivity index (χ4v) is 4.49. The predicted octanol–water partition coefficient (Wildman–Crippen LogP) is 3.03. The summed E-state index contributed by atoms with van der Waals surface area (Å²) in [7, 11) is -2.17. The molecule has 0 saturated heterocycles. The second-order valence-electron chi connectivity index (χ2n) is 7.24. The van der Waals surface area contributed by atoms with Crippen LogP contribution < -0.4 is 9.51 Å². The Morgan fingerprint density at radius 1 is 1.21 bits per heavy atom. The highest BCUT2D eigenvalue weighted by atomic mass is 32.1. The van der Waals surface area contributed by atoms with Crippen LogP contribution in [0.25, 0.3) is 10.1 Å². The third-order valence-corrected chi connectivity index (χ3v) is 5.65. The highest BCUT2D eigenvalue weighted by molar-refractivity contribution is 7.27. The summed E-state index contributed by atoms with van der Waals surface area (Å²) in [6, 6.07) is 7.62. The van der Waals surface area contributed by atoms with Gasteiger partial charge in [-0.3, -0.25) is 0 Å². The molecule has 0 aliphatic heterocycles. The maximum atomic E-state index is 9.27. The van der Waals surface area contributed by atoms with Crippen molar-refractivity contribution in [2.45, 2.75) is 46.4 Å². The van der Waals surface area contributed by atoms with E-state index in [0.717, 1.165) is 22.3 Å². The number of benzene rings is 1. The van der Waals surface area contributed by atoms with E-state index in [-0.39, 0.29) is 11.5 Å². The number of hydrogen-bond donors (Lipinski definition) is 2. The molecule has 1 aromatic carbocycles. The van der Waals surface area contributed by atoms with Crippen LogP contribution in [0.3, 0.4) is 0 Å². The zero-order chi connectivity index (χ0) is 17.9. The minimum Gasteiger partial charge on any atom is -0.493 e. The average molecular weight is 365 g/mol. The van der Waals surface area contributed by atoms with Crippen molar-refractivity contribution < 1.29 is 19.2 Å². The van der Waals surface area contributed by atoms with Crippen LogP contribution in [0.15, 0.2) is 24.3 Å². The Labute approximate surface area is 150 Å². The van der Waals surface area contributed by atoms with Gasteiger partial charge in [0.15, 0.2) is 0 Å². The van der Waals surface area contributed by atoms with Crippen molar-refractivity contribution in [3.05, 3.63) is 24.3 Å². The van der Waals surface area contributed by atoms with Crippen molar-refractivity contribution >= 4 is 42.4 Å². The molecule has 0 aliphatic carbocycles. The van der Waals surface area contributed by atoms with Gasteiger partial charge in [0, 0.05) is 15.9 Å². The molecule has 4 nitrogen and oxygen atoms in total. The summed E-state index contributed by atoms with van der Waals surface area (Å²) in [5.74, 6) is 0.800. The molecule has 131 valence electrons. The molecule has 1 unspecified atom stereocenters. The topological polar surface area (TPSA) is 58.9 Å². The molecule has 1 atom stereocenters. The second-order valence-corrected chi connectivity index (χ2v) is 10.4. The third-order valence-electron chi connectivity index (χ3n) is 3.76. The first-order valence-electron chi connectivity index (χ1n) is 8.16. The van der Waals surface area contributed by atoms with E-state index in [1.54, 1.807) is 6.07 Å². The summed E-state index contributed by atoms with van der Waals surface area (Å²) in [6.45, 7) is 11.5. The second kappa shape index (κ2) is 8.01. The molecule has 0 amide bonds. The lowest BCUT2D eigenvalue weighted by atomic mass is 9.87. The van der Waals surface area contributed by atoms with Crippen molar-refractivity contribution in [1.82, 2.24) is 0 Å². The zero-order valence-corrected chi connectivity index (χ0v) is 16.8. The van der Waals surface area contributed by atoms with Crippen LogP contribution in [-0.2, 0) is 4.43 Å². The molecule has 2 rings (SSSR count). The zero-order valence-electron chi connectivity index (χ0n) is 15.0. The van der Waals surface area contributed by atoms with Crippen LogP contribution >= 0.6 is 11.3 Å². The van der Waals surface area contributed by atoms with E-state index in [1.807, 2.05) is 18.2 Å². The van der Waals surface area contributed by atoms with Gasteiger partial charge in [0.1, 0.15) is 5.75 Å². The Bertz CT molecular complexity index is 666. The molecule has 0 saturated carbocycles. The Morgan fingerprint density at radius 3 is 2.50 bits per heavy atom. The maximum Gasteiger partial charge on any atom is 0.499 e. The smallest absolute Gasteiger partial charge is 0.493 e. The van der Waals surface area contributed by atoms with E-state index in [2.05, 4.69) is 33.9 Å². The molecule has 0 bridgehead atoms. The molecular formula is C17H26BO4SSi. The molecule has 0 fully saturated rings. The largest absolute Gasteiger partial charge is 0.499 e. The maximum absolute atomic E-state index is 9.27. The number of thiophene rings is 1. The van der Waals surface area contributed by atoms with E-state index in [9.17, 15) is 10.0 Å². The molecular weight excluding hydrogens is 339 g/mol. The number of hydrogen-bond acceptors (Lipinski definition) is 5. The van der Waals surface area contributed by atoms with Crippen molar-refractivity contribution in [1.29, 1.82) is 0 Å². The van der Waals surface area contributed by atoms with Crippen LogP contribution in [-0.4, -0.2) is 38.9 Å². The van der Waals surface area contributed by atoms with E-state index in [0.29, 0.717) is 11.4 Å². The monoisotopic (exact) mass is 365 g/mol. The van der Waals surface area contributed by atoms with Crippen molar-refractivity contribution in [3.63, 3.8) is 0 Å². The molecule has 1 heterocycles. The van der Waals surface area contributed by atoms with Gasteiger partial charge in [-0.15, -0.1) is 11.3 Å². The lowest BCUT2D eigenvalue weighted by Gasteiger charge is -2.32. The summed E-state index contributed by atoms with van der Waals surface area (Å²) in [5.41, 5.74) is 0.0924. The average Bonchev–Trinajstić information content (AvgIpc) is 2.88. The van der Waals surface area contributed by atoms with Gasteiger partial charge in [-0.2, -0.15) is 0 Å². The summed E-state index contributed by atoms with van der Waals surface area (Å²) >= 11 is 1.37. The van der Waals surface area contributed by atoms with Gasteiger partial charge in [-0.05, 0) is 48.2 Å². The lowest BCUT2D eigenvalue weighted by Crippen LogP contribution is -2.34. The van der Waals surface area contributed by atoms with Crippen molar-refractivity contribution in [2.75, 3.05) is 6.61 Å². The molecule has 0 spiro atoms. The van der Waals surface area contributed by atoms with Gasteiger partial charge in [-0.1, -0.05) is 20.8 Å². The molecule has 24 heavy (non-hydrogen) atoms. The Balaban J connectivity index is 1.99. The lowest BCUT2D eigenvalue weighted by molar-refractivity contribution is 0.0646. The highest BCUT2D eigenvalue weighted by Gasteiger charge is 2.26. The highest BCUT2D eigenvalue weighted by Crippen LogP contribution is 2.27. The number of rotatable bonds is 7. The van der Waals surface area contributed by atoms with Gasteiger partial charge in [0.25, 0.3) is 0 Å². The first kappa shape index (κ1) is 19.5. The first-order valence-corrected chi connectivity index (χ1v) is 11.4.